The molecule has 5 rings (SSSR count). The van der Waals surface area contributed by atoms with Gasteiger partial charge in [-0.15, -0.1) is 0 Å². The van der Waals surface area contributed by atoms with Crippen molar-refractivity contribution in [2.45, 2.75) is 25.9 Å². The van der Waals surface area contributed by atoms with E-state index >= 15 is 0 Å². The smallest absolute Gasteiger partial charge is 0.260 e. The lowest BCUT2D eigenvalue weighted by atomic mass is 10.1. The van der Waals surface area contributed by atoms with Crippen LogP contribution in [0.2, 0.25) is 0 Å². The van der Waals surface area contributed by atoms with Gasteiger partial charge in [0.05, 0.1) is 29.5 Å². The van der Waals surface area contributed by atoms with E-state index in [-0.39, 0.29) is 12.0 Å². The molecule has 162 valence electrons. The maximum absolute atomic E-state index is 13.6. The van der Waals surface area contributed by atoms with Gasteiger partial charge < -0.3 is 18.9 Å². The molecule has 1 aromatic heterocycles. The topological polar surface area (TPSA) is 70.1 Å². The van der Waals surface area contributed by atoms with Crippen molar-refractivity contribution < 1.29 is 23.7 Å². The maximum atomic E-state index is 13.6. The van der Waals surface area contributed by atoms with Crippen molar-refractivity contribution in [1.82, 2.24) is 4.98 Å². The molecule has 31 heavy (non-hydrogen) atoms. The Kier molecular flexibility index (Phi) is 5.65. The molecule has 7 nitrogen and oxygen atoms in total. The van der Waals surface area contributed by atoms with Crippen molar-refractivity contribution in [2.24, 2.45) is 0 Å². The number of hydrogen-bond donors (Lipinski definition) is 0. The molecule has 0 saturated carbocycles. The summed E-state index contributed by atoms with van der Waals surface area (Å²) in [4.78, 5) is 20.1. The molecule has 0 aliphatic carbocycles. The van der Waals surface area contributed by atoms with E-state index in [1.807, 2.05) is 25.1 Å². The lowest BCUT2D eigenvalue weighted by Gasteiger charge is -2.24. The predicted octanol–water partition coefficient (Wildman–Crippen LogP) is 4.29. The van der Waals surface area contributed by atoms with Crippen molar-refractivity contribution in [3.05, 3.63) is 42.0 Å². The second kappa shape index (κ2) is 8.72. The first-order chi connectivity index (χ1) is 15.2. The molecule has 0 radical (unpaired) electrons. The number of nitrogens with zero attached hydrogens (tertiary/aromatic N) is 2. The summed E-state index contributed by atoms with van der Waals surface area (Å²) in [6.07, 6.45) is 1.95. The van der Waals surface area contributed by atoms with Crippen LogP contribution in [0.4, 0.5) is 5.13 Å². The third kappa shape index (κ3) is 4.18. The Labute approximate surface area is 184 Å². The summed E-state index contributed by atoms with van der Waals surface area (Å²) in [6.45, 7) is 4.74. The number of fused-ring (bicyclic) bond motifs is 2. The molecule has 3 heterocycles. The molecule has 2 aliphatic heterocycles. The molecule has 8 heteroatoms. The van der Waals surface area contributed by atoms with Crippen molar-refractivity contribution in [2.75, 3.05) is 37.9 Å². The summed E-state index contributed by atoms with van der Waals surface area (Å²) in [5.74, 6) is 1.93. The van der Waals surface area contributed by atoms with Crippen LogP contribution >= 0.6 is 11.3 Å². The van der Waals surface area contributed by atoms with Crippen molar-refractivity contribution in [3.8, 4) is 17.2 Å². The molecular formula is C23H24N2O5S. The van der Waals surface area contributed by atoms with Gasteiger partial charge in [0, 0.05) is 12.2 Å². The number of rotatable bonds is 6. The number of hydrogen-bond acceptors (Lipinski definition) is 7. The molecule has 1 saturated heterocycles. The average Bonchev–Trinajstić information content (AvgIpc) is 3.46. The Bertz CT molecular complexity index is 1090. The van der Waals surface area contributed by atoms with Gasteiger partial charge in [0.15, 0.2) is 16.6 Å². The summed E-state index contributed by atoms with van der Waals surface area (Å²) in [5, 5.41) is 0.652. The molecule has 0 N–H and O–H groups in total. The van der Waals surface area contributed by atoms with E-state index in [0.717, 1.165) is 35.4 Å². The summed E-state index contributed by atoms with van der Waals surface area (Å²) < 4.78 is 23.7. The van der Waals surface area contributed by atoms with E-state index in [0.29, 0.717) is 48.6 Å². The largest absolute Gasteiger partial charge is 0.494 e. The second-order valence-electron chi connectivity index (χ2n) is 7.47. The molecule has 0 bridgehead atoms. The number of thiazole rings is 1. The maximum Gasteiger partial charge on any atom is 0.260 e. The van der Waals surface area contributed by atoms with Crippen molar-refractivity contribution in [3.63, 3.8) is 0 Å². The molecule has 1 fully saturated rings. The van der Waals surface area contributed by atoms with E-state index < -0.39 is 0 Å². The highest BCUT2D eigenvalue weighted by molar-refractivity contribution is 7.22. The van der Waals surface area contributed by atoms with Gasteiger partial charge in [-0.25, -0.2) is 4.98 Å². The standard InChI is InChI=1S/C23H24N2O5S/c1-2-27-16-6-7-18-21(13-16)31-23(24-18)25(14-17-4-3-9-28-17)22(26)15-5-8-19-20(12-15)30-11-10-29-19/h5-8,12-13,17H,2-4,9-11,14H2,1H3. The van der Waals surface area contributed by atoms with Crippen LogP contribution < -0.4 is 19.1 Å². The molecule has 3 aromatic rings. The van der Waals surface area contributed by atoms with Gasteiger partial charge in [-0.1, -0.05) is 11.3 Å². The minimum atomic E-state index is -0.128. The molecule has 1 unspecified atom stereocenters. The zero-order valence-corrected chi connectivity index (χ0v) is 18.2. The predicted molar refractivity (Wildman–Crippen MR) is 119 cm³/mol. The summed E-state index contributed by atoms with van der Waals surface area (Å²) >= 11 is 1.48. The van der Waals surface area contributed by atoms with Crippen molar-refractivity contribution >= 4 is 32.6 Å². The van der Waals surface area contributed by atoms with Crippen molar-refractivity contribution in [1.29, 1.82) is 0 Å². The monoisotopic (exact) mass is 440 g/mol. The molecule has 1 atom stereocenters. The number of amides is 1. The number of ether oxygens (including phenoxy) is 4. The minimum absolute atomic E-state index is 0.00663. The Morgan fingerprint density at radius 2 is 2.03 bits per heavy atom. The summed E-state index contributed by atoms with van der Waals surface area (Å²) in [5.41, 5.74) is 1.38. The zero-order chi connectivity index (χ0) is 21.2. The Morgan fingerprint density at radius 1 is 1.16 bits per heavy atom. The van der Waals surface area contributed by atoms with Gasteiger partial charge >= 0.3 is 0 Å². The van der Waals surface area contributed by atoms with Crippen LogP contribution in [-0.2, 0) is 4.74 Å². The number of carbonyl (C=O) groups excluding carboxylic acids is 1. The quantitative estimate of drug-likeness (QED) is 0.570. The highest BCUT2D eigenvalue weighted by Gasteiger charge is 2.28. The van der Waals surface area contributed by atoms with E-state index in [2.05, 4.69) is 0 Å². The van der Waals surface area contributed by atoms with Crippen LogP contribution in [0.1, 0.15) is 30.1 Å². The zero-order valence-electron chi connectivity index (χ0n) is 17.3. The summed E-state index contributed by atoms with van der Waals surface area (Å²) in [7, 11) is 0. The van der Waals surface area contributed by atoms with Crippen LogP contribution in [0.15, 0.2) is 36.4 Å². The highest BCUT2D eigenvalue weighted by Crippen LogP contribution is 2.35. The van der Waals surface area contributed by atoms with Gasteiger partial charge in [0.1, 0.15) is 19.0 Å². The van der Waals surface area contributed by atoms with Gasteiger partial charge in [-0.2, -0.15) is 0 Å². The highest BCUT2D eigenvalue weighted by atomic mass is 32.1. The number of carbonyl (C=O) groups is 1. The first kappa shape index (κ1) is 20.1. The lowest BCUT2D eigenvalue weighted by molar-refractivity contribution is 0.0916. The van der Waals surface area contributed by atoms with Crippen LogP contribution in [0, 0.1) is 0 Å². The average molecular weight is 441 g/mol. The van der Waals surface area contributed by atoms with Crippen LogP contribution in [0.25, 0.3) is 10.2 Å². The third-order valence-electron chi connectivity index (χ3n) is 5.33. The van der Waals surface area contributed by atoms with Gasteiger partial charge in [0.2, 0.25) is 0 Å². The Hall–Kier alpha value is -2.84. The van der Waals surface area contributed by atoms with E-state index in [4.69, 9.17) is 23.9 Å². The van der Waals surface area contributed by atoms with Gasteiger partial charge in [-0.05, 0) is 56.2 Å². The van der Waals surface area contributed by atoms with E-state index in [9.17, 15) is 4.79 Å². The van der Waals surface area contributed by atoms with Crippen LogP contribution in [-0.4, -0.2) is 50.0 Å². The SMILES string of the molecule is CCOc1ccc2nc(N(CC3CCCO3)C(=O)c3ccc4c(c3)OCCO4)sc2c1. The molecule has 2 aromatic carbocycles. The molecule has 2 aliphatic rings. The van der Waals surface area contributed by atoms with E-state index in [1.165, 1.54) is 11.3 Å². The molecule has 0 spiro atoms. The first-order valence-corrected chi connectivity index (χ1v) is 11.4. The van der Waals surface area contributed by atoms with Crippen LogP contribution in [0.5, 0.6) is 17.2 Å². The van der Waals surface area contributed by atoms with Crippen LogP contribution in [0.3, 0.4) is 0 Å². The lowest BCUT2D eigenvalue weighted by Crippen LogP contribution is -2.37. The minimum Gasteiger partial charge on any atom is -0.494 e. The van der Waals surface area contributed by atoms with Gasteiger partial charge in [0.25, 0.3) is 5.91 Å². The number of anilines is 1. The normalized spacial score (nSPS) is 17.6. The Balaban J connectivity index is 1.49. The Morgan fingerprint density at radius 3 is 2.84 bits per heavy atom. The molecule has 1 amide bonds. The first-order valence-electron chi connectivity index (χ1n) is 10.6. The third-order valence-corrected chi connectivity index (χ3v) is 6.38. The molecular weight excluding hydrogens is 416 g/mol. The second-order valence-corrected chi connectivity index (χ2v) is 8.48. The fraction of sp³-hybridized carbons (Fsp3) is 0.391. The van der Waals surface area contributed by atoms with Gasteiger partial charge in [-0.3, -0.25) is 9.69 Å². The number of benzene rings is 2. The van der Waals surface area contributed by atoms with E-state index in [1.54, 1.807) is 23.1 Å². The fourth-order valence-electron chi connectivity index (χ4n) is 3.84. The number of aromatic nitrogens is 1. The summed E-state index contributed by atoms with van der Waals surface area (Å²) in [6, 6.07) is 11.1. The fourth-order valence-corrected chi connectivity index (χ4v) is 4.84.